The van der Waals surface area contributed by atoms with Gasteiger partial charge in [-0.1, -0.05) is 103 Å². The van der Waals surface area contributed by atoms with Crippen LogP contribution in [0.3, 0.4) is 0 Å². The van der Waals surface area contributed by atoms with Crippen LogP contribution in [0.4, 0.5) is 0 Å². The molecule has 0 aromatic carbocycles. The second-order valence-electron chi connectivity index (χ2n) is 20.6. The minimum Gasteiger partial charge on any atom is -0.394 e. The van der Waals surface area contributed by atoms with Crippen LogP contribution in [0, 0.1) is 17.3 Å². The third-order valence-electron chi connectivity index (χ3n) is 15.4. The quantitative estimate of drug-likeness (QED) is 0.0290. The molecule has 0 aromatic heterocycles. The molecule has 3 heterocycles. The summed E-state index contributed by atoms with van der Waals surface area (Å²) in [5, 5.41) is 147. The predicted molar refractivity (Wildman–Crippen MR) is 244 cm³/mol. The molecule has 14 N–H and O–H groups in total. The van der Waals surface area contributed by atoms with Gasteiger partial charge in [0.25, 0.3) is 0 Å². The van der Waals surface area contributed by atoms with Crippen molar-refractivity contribution in [3.63, 3.8) is 0 Å². The summed E-state index contributed by atoms with van der Waals surface area (Å²) in [4.78, 5) is 0. The molecule has 0 bridgehead atoms. The van der Waals surface area contributed by atoms with Crippen molar-refractivity contribution >= 4 is 0 Å². The summed E-state index contributed by atoms with van der Waals surface area (Å²) >= 11 is 0. The third kappa shape index (κ3) is 16.6. The zero-order valence-corrected chi connectivity index (χ0v) is 40.8. The van der Waals surface area contributed by atoms with Gasteiger partial charge >= 0.3 is 0 Å². The highest BCUT2D eigenvalue weighted by Crippen LogP contribution is 2.39. The topological polar surface area (TPSA) is 357 Å². The zero-order chi connectivity index (χ0) is 51.0. The lowest BCUT2D eigenvalue weighted by Crippen LogP contribution is -2.64. The number of aliphatic hydroxyl groups excluding tert-OH is 14. The van der Waals surface area contributed by atoms with Gasteiger partial charge in [0.05, 0.1) is 52.4 Å². The number of rotatable bonds is 29. The van der Waals surface area contributed by atoms with Crippen molar-refractivity contribution in [2.24, 2.45) is 17.3 Å². The lowest BCUT2D eigenvalue weighted by Gasteiger charge is -2.46. The van der Waals surface area contributed by atoms with Crippen molar-refractivity contribution in [2.75, 3.05) is 46.2 Å². The molecule has 0 spiro atoms. The Morgan fingerprint density at radius 1 is 0.529 bits per heavy atom. The van der Waals surface area contributed by atoms with Gasteiger partial charge in [0, 0.05) is 5.41 Å². The molecule has 5 aliphatic rings. The Bertz CT molecular complexity index is 1380. The Morgan fingerprint density at radius 2 is 1.01 bits per heavy atom. The van der Waals surface area contributed by atoms with E-state index in [0.717, 1.165) is 38.5 Å². The first kappa shape index (κ1) is 60.0. The molecule has 2 saturated carbocycles. The van der Waals surface area contributed by atoms with Crippen molar-refractivity contribution < 1.29 is 109 Å². The van der Waals surface area contributed by atoms with Gasteiger partial charge in [0.2, 0.25) is 0 Å². The summed E-state index contributed by atoms with van der Waals surface area (Å²) in [6.07, 6.45) is -11.6. The minimum absolute atomic E-state index is 0.132. The van der Waals surface area contributed by atoms with E-state index in [9.17, 15) is 71.5 Å². The molecule has 19 atom stereocenters. The molecule has 5 rings (SSSR count). The SMILES string of the molecule is C[C@H](O[C@H]1OC(CO)[C@@H](O)[C@H](O)C1O)C(CO)O[C@@H](OCC(CCCCC1CCCCC1)(CCCCC1CCCCC1)CO[C@@H]1OC(CO)[C@@H](O[C@@H]2OC(CO)[C@@H](O)[C@H](O)C2O)[C@H](O)C1O)[C@@H](O)CO. The summed E-state index contributed by atoms with van der Waals surface area (Å²) < 4.78 is 47.5. The van der Waals surface area contributed by atoms with Crippen molar-refractivity contribution in [3.05, 3.63) is 0 Å². The van der Waals surface area contributed by atoms with Gasteiger partial charge in [-0.3, -0.25) is 0 Å². The van der Waals surface area contributed by atoms with E-state index in [-0.39, 0.29) is 13.2 Å². The summed E-state index contributed by atoms with van der Waals surface area (Å²) in [5.41, 5.74) is -0.879. The zero-order valence-electron chi connectivity index (χ0n) is 40.8. The third-order valence-corrected chi connectivity index (χ3v) is 15.4. The molecule has 412 valence electrons. The van der Waals surface area contributed by atoms with Crippen LogP contribution in [0.2, 0.25) is 0 Å². The molecule has 70 heavy (non-hydrogen) atoms. The Morgan fingerprint density at radius 3 is 1.51 bits per heavy atom. The molecule has 5 fully saturated rings. The normalized spacial score (nSPS) is 37.0. The first-order valence-electron chi connectivity index (χ1n) is 25.9. The summed E-state index contributed by atoms with van der Waals surface area (Å²) in [6, 6.07) is 0. The monoisotopic (exact) mass is 1020 g/mol. The second kappa shape index (κ2) is 30.0. The van der Waals surface area contributed by atoms with Crippen LogP contribution in [0.25, 0.3) is 0 Å². The van der Waals surface area contributed by atoms with E-state index in [1.165, 1.54) is 71.1 Å². The molecule has 7 unspecified atom stereocenters. The van der Waals surface area contributed by atoms with E-state index < -0.39 is 155 Å². The molecule has 0 amide bonds. The Balaban J connectivity index is 1.35. The molecule has 22 heteroatoms. The molecule has 22 nitrogen and oxygen atoms in total. The van der Waals surface area contributed by atoms with Gasteiger partial charge in [0.1, 0.15) is 85.5 Å². The maximum atomic E-state index is 11.5. The van der Waals surface area contributed by atoms with E-state index >= 15 is 0 Å². The molecule has 0 aromatic rings. The number of aliphatic hydroxyl groups is 14. The Labute approximate surface area is 411 Å². The van der Waals surface area contributed by atoms with E-state index in [1.54, 1.807) is 0 Å². The molecule has 3 aliphatic heterocycles. The summed E-state index contributed by atoms with van der Waals surface area (Å²) in [7, 11) is 0. The predicted octanol–water partition coefficient (Wildman–Crippen LogP) is -1.83. The van der Waals surface area contributed by atoms with Crippen LogP contribution in [0.15, 0.2) is 0 Å². The van der Waals surface area contributed by atoms with Crippen LogP contribution in [-0.2, 0) is 37.9 Å². The fourth-order valence-corrected chi connectivity index (χ4v) is 10.8. The lowest BCUT2D eigenvalue weighted by molar-refractivity contribution is -0.361. The average Bonchev–Trinajstić information content (AvgIpc) is 3.38. The smallest absolute Gasteiger partial charge is 0.187 e. The van der Waals surface area contributed by atoms with Crippen molar-refractivity contribution in [2.45, 2.75) is 239 Å². The van der Waals surface area contributed by atoms with Gasteiger partial charge in [-0.2, -0.15) is 0 Å². The summed E-state index contributed by atoms with van der Waals surface area (Å²) in [5.74, 6) is 1.24. The molecule has 3 saturated heterocycles. The minimum atomic E-state index is -1.84. The molecule has 2 aliphatic carbocycles. The first-order chi connectivity index (χ1) is 33.6. The first-order valence-corrected chi connectivity index (χ1v) is 25.9. The maximum Gasteiger partial charge on any atom is 0.187 e. The Hall–Kier alpha value is -0.880. The number of ether oxygens (including phenoxy) is 8. The Kier molecular flexibility index (Phi) is 25.7. The van der Waals surface area contributed by atoms with Crippen LogP contribution in [0.1, 0.15) is 122 Å². The van der Waals surface area contributed by atoms with Crippen LogP contribution in [-0.4, -0.2) is 234 Å². The number of hydrogen-bond donors (Lipinski definition) is 14. The maximum absolute atomic E-state index is 11.5. The molecule has 0 radical (unpaired) electrons. The number of unbranched alkanes of at least 4 members (excludes halogenated alkanes) is 2. The molecular formula is C48H88O22. The van der Waals surface area contributed by atoms with E-state index in [0.29, 0.717) is 24.7 Å². The lowest BCUT2D eigenvalue weighted by atomic mass is 9.77. The van der Waals surface area contributed by atoms with Crippen LogP contribution >= 0.6 is 0 Å². The van der Waals surface area contributed by atoms with E-state index in [1.807, 2.05) is 0 Å². The van der Waals surface area contributed by atoms with Crippen molar-refractivity contribution in [1.29, 1.82) is 0 Å². The van der Waals surface area contributed by atoms with Gasteiger partial charge in [-0.15, -0.1) is 0 Å². The van der Waals surface area contributed by atoms with Crippen molar-refractivity contribution in [3.8, 4) is 0 Å². The highest BCUT2D eigenvalue weighted by atomic mass is 16.8. The fraction of sp³-hybridized carbons (Fsp3) is 1.00. The second-order valence-corrected chi connectivity index (χ2v) is 20.6. The molecular weight excluding hydrogens is 929 g/mol. The average molecular weight is 1020 g/mol. The summed E-state index contributed by atoms with van der Waals surface area (Å²) in [6.45, 7) is -2.53. The van der Waals surface area contributed by atoms with Crippen LogP contribution in [0.5, 0.6) is 0 Å². The van der Waals surface area contributed by atoms with E-state index in [2.05, 4.69) is 0 Å². The largest absolute Gasteiger partial charge is 0.394 e. The standard InChI is InChI=1S/C48H88O22/c1-27(65-46-40(60)37(57)35(55)32(22-51)67-46)31(21-50)66-44(30(54)20-49)63-25-48(18-10-8-16-28-12-4-2-5-13-28,19-11-9-17-29-14-6-3-7-15-29)26-64-45-42(62)39(59)43(34(24-53)69-45)70-47-41(61)38(58)36(56)33(23-52)68-47/h27-47,49-62H,2-26H2,1H3/t27-,30-,31?,32?,33?,34?,35+,36+,37-,38-,39+,40?,41?,42?,43+,44+,45+,46-,47-/m0/s1. The van der Waals surface area contributed by atoms with Gasteiger partial charge in [-0.05, 0) is 31.6 Å². The van der Waals surface area contributed by atoms with Crippen LogP contribution < -0.4 is 0 Å². The highest BCUT2D eigenvalue weighted by molar-refractivity contribution is 4.95. The highest BCUT2D eigenvalue weighted by Gasteiger charge is 2.52. The fourth-order valence-electron chi connectivity index (χ4n) is 10.8. The number of hydrogen-bond acceptors (Lipinski definition) is 22. The van der Waals surface area contributed by atoms with Gasteiger partial charge in [-0.25, -0.2) is 0 Å². The van der Waals surface area contributed by atoms with E-state index in [4.69, 9.17) is 37.9 Å². The van der Waals surface area contributed by atoms with Gasteiger partial charge < -0.3 is 109 Å². The van der Waals surface area contributed by atoms with Gasteiger partial charge in [0.15, 0.2) is 25.2 Å². The van der Waals surface area contributed by atoms with Crippen molar-refractivity contribution in [1.82, 2.24) is 0 Å².